The number of anilines is 1. The van der Waals surface area contributed by atoms with Crippen LogP contribution in [0.4, 0.5) is 18.9 Å². The normalized spacial score (nSPS) is 17.7. The summed E-state index contributed by atoms with van der Waals surface area (Å²) in [5.74, 6) is -5.80. The van der Waals surface area contributed by atoms with Crippen molar-refractivity contribution in [2.24, 2.45) is 5.92 Å². The number of hydrogen-bond acceptors (Lipinski definition) is 3. The summed E-state index contributed by atoms with van der Waals surface area (Å²) in [7, 11) is 3.84. The van der Waals surface area contributed by atoms with Crippen LogP contribution in [0, 0.1) is 23.4 Å². The maximum atomic E-state index is 13.8. The van der Waals surface area contributed by atoms with E-state index in [1.165, 1.54) is 0 Å². The second-order valence-corrected chi connectivity index (χ2v) is 6.05. The minimum absolute atomic E-state index is 0.0552. The summed E-state index contributed by atoms with van der Waals surface area (Å²) in [6.07, 6.45) is 0.679. The van der Waals surface area contributed by atoms with E-state index in [1.54, 1.807) is 0 Å². The van der Waals surface area contributed by atoms with Crippen molar-refractivity contribution in [2.75, 3.05) is 38.6 Å². The largest absolute Gasteiger partial charge is 0.356 e. The van der Waals surface area contributed by atoms with Crippen LogP contribution < -0.4 is 10.2 Å². The summed E-state index contributed by atoms with van der Waals surface area (Å²) in [5, 5.41) is 2.74. The van der Waals surface area contributed by atoms with Gasteiger partial charge >= 0.3 is 0 Å². The van der Waals surface area contributed by atoms with Crippen LogP contribution in [-0.4, -0.2) is 50.4 Å². The topological polar surface area (TPSA) is 52.7 Å². The lowest BCUT2D eigenvalue weighted by molar-refractivity contribution is -0.126. The number of hydrogen-bond donors (Lipinski definition) is 1. The number of halogens is 3. The fourth-order valence-electron chi connectivity index (χ4n) is 2.59. The van der Waals surface area contributed by atoms with Gasteiger partial charge in [-0.1, -0.05) is 0 Å². The fraction of sp³-hybridized carbons (Fsp3) is 0.500. The summed E-state index contributed by atoms with van der Waals surface area (Å²) in [6, 6.07) is 1.76. The van der Waals surface area contributed by atoms with E-state index < -0.39 is 29.3 Å². The maximum absolute atomic E-state index is 13.8. The summed E-state index contributed by atoms with van der Waals surface area (Å²) in [6.45, 7) is 1.23. The number of nitrogens with one attached hydrogen (secondary N) is 1. The molecule has 24 heavy (non-hydrogen) atoms. The molecule has 2 rings (SSSR count). The fourth-order valence-corrected chi connectivity index (χ4v) is 2.59. The van der Waals surface area contributed by atoms with Gasteiger partial charge in [-0.15, -0.1) is 0 Å². The van der Waals surface area contributed by atoms with Gasteiger partial charge in [0, 0.05) is 19.5 Å². The van der Waals surface area contributed by atoms with Crippen LogP contribution in [0.15, 0.2) is 12.1 Å². The molecule has 1 fully saturated rings. The highest BCUT2D eigenvalue weighted by molar-refractivity contribution is 6.00. The van der Waals surface area contributed by atoms with Gasteiger partial charge in [0.2, 0.25) is 11.8 Å². The molecule has 132 valence electrons. The molecular weight excluding hydrogens is 323 g/mol. The first-order valence-electron chi connectivity index (χ1n) is 7.67. The van der Waals surface area contributed by atoms with Crippen LogP contribution in [0.2, 0.25) is 0 Å². The Morgan fingerprint density at radius 1 is 1.29 bits per heavy atom. The molecule has 1 aromatic carbocycles. The van der Waals surface area contributed by atoms with Crippen molar-refractivity contribution in [3.63, 3.8) is 0 Å². The standard InChI is InChI=1S/C16H20F3N3O2/c1-21(2)7-3-6-20-16(24)10-8-13(23)22(9-10)12-5-4-11(17)14(18)15(12)19/h4-5,10H,3,6-9H2,1-2H3,(H,20,24). The predicted molar refractivity (Wildman–Crippen MR) is 83.0 cm³/mol. The van der Waals surface area contributed by atoms with Gasteiger partial charge in [-0.2, -0.15) is 0 Å². The zero-order valence-corrected chi connectivity index (χ0v) is 13.6. The summed E-state index contributed by atoms with van der Waals surface area (Å²) in [5.41, 5.74) is -0.346. The molecule has 1 heterocycles. The Balaban J connectivity index is 1.98. The molecule has 5 nitrogen and oxygen atoms in total. The van der Waals surface area contributed by atoms with Crippen molar-refractivity contribution in [3.8, 4) is 0 Å². The quantitative estimate of drug-likeness (QED) is 0.629. The van der Waals surface area contributed by atoms with Crippen LogP contribution in [0.3, 0.4) is 0 Å². The lowest BCUT2D eigenvalue weighted by Gasteiger charge is -2.18. The predicted octanol–water partition coefficient (Wildman–Crippen LogP) is 1.52. The number of amides is 2. The Kier molecular flexibility index (Phi) is 5.82. The molecule has 0 aromatic heterocycles. The van der Waals surface area contributed by atoms with Crippen LogP contribution in [0.25, 0.3) is 0 Å². The number of nitrogens with zero attached hydrogens (tertiary/aromatic N) is 2. The smallest absolute Gasteiger partial charge is 0.227 e. The first-order valence-corrected chi connectivity index (χ1v) is 7.67. The third kappa shape index (κ3) is 4.05. The van der Waals surface area contributed by atoms with Gasteiger partial charge in [-0.05, 0) is 39.2 Å². The van der Waals surface area contributed by atoms with Crippen LogP contribution >= 0.6 is 0 Å². The lowest BCUT2D eigenvalue weighted by Crippen LogP contribution is -2.34. The summed E-state index contributed by atoms with van der Waals surface area (Å²) in [4.78, 5) is 27.1. The molecule has 1 unspecified atom stereocenters. The van der Waals surface area contributed by atoms with E-state index >= 15 is 0 Å². The maximum Gasteiger partial charge on any atom is 0.227 e. The van der Waals surface area contributed by atoms with Gasteiger partial charge in [0.05, 0.1) is 11.6 Å². The first-order chi connectivity index (χ1) is 11.3. The van der Waals surface area contributed by atoms with Crippen LogP contribution in [0.1, 0.15) is 12.8 Å². The molecule has 0 radical (unpaired) electrons. The minimum Gasteiger partial charge on any atom is -0.356 e. The van der Waals surface area contributed by atoms with Crippen molar-refractivity contribution in [2.45, 2.75) is 12.8 Å². The van der Waals surface area contributed by atoms with E-state index in [2.05, 4.69) is 5.32 Å². The molecule has 1 aliphatic heterocycles. The molecule has 1 atom stereocenters. The molecule has 0 saturated carbocycles. The average molecular weight is 343 g/mol. The average Bonchev–Trinajstić information content (AvgIpc) is 2.91. The Labute approximate surface area is 138 Å². The van der Waals surface area contributed by atoms with Gasteiger partial charge < -0.3 is 15.1 Å². The summed E-state index contributed by atoms with van der Waals surface area (Å²) < 4.78 is 40.1. The Morgan fingerprint density at radius 2 is 2.00 bits per heavy atom. The highest BCUT2D eigenvalue weighted by Crippen LogP contribution is 2.29. The molecule has 0 spiro atoms. The molecule has 2 amide bonds. The molecule has 0 bridgehead atoms. The van der Waals surface area contributed by atoms with E-state index in [-0.39, 0.29) is 24.6 Å². The molecule has 1 aromatic rings. The Morgan fingerprint density at radius 3 is 2.67 bits per heavy atom. The molecule has 0 aliphatic carbocycles. The molecule has 1 aliphatic rings. The minimum atomic E-state index is -1.63. The zero-order valence-electron chi connectivity index (χ0n) is 13.6. The molecule has 8 heteroatoms. The molecule has 1 saturated heterocycles. The van der Waals surface area contributed by atoms with E-state index in [9.17, 15) is 22.8 Å². The number of benzene rings is 1. The Bertz CT molecular complexity index is 637. The Hall–Kier alpha value is -2.09. The van der Waals surface area contributed by atoms with Crippen molar-refractivity contribution in [1.82, 2.24) is 10.2 Å². The van der Waals surface area contributed by atoms with E-state index in [1.807, 2.05) is 19.0 Å². The van der Waals surface area contributed by atoms with E-state index in [0.29, 0.717) is 6.54 Å². The number of carbonyl (C=O) groups is 2. The second kappa shape index (κ2) is 7.65. The van der Waals surface area contributed by atoms with Gasteiger partial charge in [-0.3, -0.25) is 9.59 Å². The third-order valence-corrected chi connectivity index (χ3v) is 3.88. The number of rotatable bonds is 6. The zero-order chi connectivity index (χ0) is 17.9. The third-order valence-electron chi connectivity index (χ3n) is 3.88. The van der Waals surface area contributed by atoms with E-state index in [4.69, 9.17) is 0 Å². The highest BCUT2D eigenvalue weighted by Gasteiger charge is 2.36. The van der Waals surface area contributed by atoms with Crippen LogP contribution in [0.5, 0.6) is 0 Å². The lowest BCUT2D eigenvalue weighted by atomic mass is 10.1. The van der Waals surface area contributed by atoms with E-state index in [0.717, 1.165) is 30.0 Å². The van der Waals surface area contributed by atoms with Crippen LogP contribution in [-0.2, 0) is 9.59 Å². The monoisotopic (exact) mass is 343 g/mol. The van der Waals surface area contributed by atoms with Gasteiger partial charge in [0.15, 0.2) is 17.5 Å². The summed E-state index contributed by atoms with van der Waals surface area (Å²) >= 11 is 0. The van der Waals surface area contributed by atoms with Crippen molar-refractivity contribution < 1.29 is 22.8 Å². The molecule has 1 N–H and O–H groups in total. The van der Waals surface area contributed by atoms with Crippen molar-refractivity contribution >= 4 is 17.5 Å². The first kappa shape index (κ1) is 18.3. The van der Waals surface area contributed by atoms with Gasteiger partial charge in [0.25, 0.3) is 0 Å². The second-order valence-electron chi connectivity index (χ2n) is 6.05. The number of carbonyl (C=O) groups excluding carboxylic acids is 2. The van der Waals surface area contributed by atoms with Gasteiger partial charge in [-0.25, -0.2) is 13.2 Å². The van der Waals surface area contributed by atoms with Gasteiger partial charge in [0.1, 0.15) is 0 Å². The van der Waals surface area contributed by atoms with Crippen molar-refractivity contribution in [1.29, 1.82) is 0 Å². The van der Waals surface area contributed by atoms with Crippen molar-refractivity contribution in [3.05, 3.63) is 29.6 Å². The molecular formula is C16H20F3N3O2. The highest BCUT2D eigenvalue weighted by atomic mass is 19.2. The SMILES string of the molecule is CN(C)CCCNC(=O)C1CC(=O)N(c2ccc(F)c(F)c2F)C1.